The molecular formula is C17H15F3N2O5S. The molecule has 1 fully saturated rings. The van der Waals surface area contributed by atoms with E-state index in [1.54, 1.807) is 19.1 Å². The van der Waals surface area contributed by atoms with E-state index in [9.17, 15) is 31.5 Å². The molecule has 0 aliphatic carbocycles. The lowest BCUT2D eigenvalue weighted by Gasteiger charge is -2.22. The van der Waals surface area contributed by atoms with Crippen molar-refractivity contribution in [3.8, 4) is 5.75 Å². The van der Waals surface area contributed by atoms with Crippen LogP contribution in [-0.2, 0) is 9.84 Å². The second kappa shape index (κ2) is 6.99. The summed E-state index contributed by atoms with van der Waals surface area (Å²) in [6.07, 6.45) is -6.66. The normalized spacial score (nSPS) is 20.2. The molecular weight excluding hydrogens is 401 g/mol. The molecule has 7 nitrogen and oxygen atoms in total. The standard InChI is InChI=1S/C17H15F3N2O5S/c1-10-2-8-13(9-3-10)28(25,26)14-15(23)22(16(24)21-14)11-4-6-12(7-5-11)27-17(18,19)20/h2-9,14-15,23H,1H3,(H,21,24)/t14-,15+/m1/s1. The highest BCUT2D eigenvalue weighted by atomic mass is 32.2. The fraction of sp³-hybridized carbons (Fsp3) is 0.235. The molecule has 0 bridgehead atoms. The smallest absolute Gasteiger partial charge is 0.406 e. The van der Waals surface area contributed by atoms with E-state index >= 15 is 0 Å². The number of halogens is 3. The largest absolute Gasteiger partial charge is 0.573 e. The molecule has 28 heavy (non-hydrogen) atoms. The Kier molecular flexibility index (Phi) is 4.98. The number of aliphatic hydroxyl groups is 1. The van der Waals surface area contributed by atoms with E-state index in [2.05, 4.69) is 10.1 Å². The molecule has 1 heterocycles. The lowest BCUT2D eigenvalue weighted by Crippen LogP contribution is -2.41. The Labute approximate surface area is 158 Å². The molecule has 11 heteroatoms. The van der Waals surface area contributed by atoms with Crippen molar-refractivity contribution in [2.24, 2.45) is 0 Å². The SMILES string of the molecule is Cc1ccc(S(=O)(=O)[C@H]2NC(=O)N(c3ccc(OC(F)(F)F)cc3)[C@H]2O)cc1. The van der Waals surface area contributed by atoms with Gasteiger partial charge >= 0.3 is 12.4 Å². The van der Waals surface area contributed by atoms with Gasteiger partial charge in [-0.1, -0.05) is 17.7 Å². The van der Waals surface area contributed by atoms with Crippen LogP contribution in [0.1, 0.15) is 5.56 Å². The number of anilines is 1. The Hall–Kier alpha value is -2.79. The number of aliphatic hydroxyl groups excluding tert-OH is 1. The quantitative estimate of drug-likeness (QED) is 0.799. The molecule has 2 atom stereocenters. The number of alkyl halides is 3. The number of hydrogen-bond donors (Lipinski definition) is 2. The fourth-order valence-corrected chi connectivity index (χ4v) is 4.22. The highest BCUT2D eigenvalue weighted by Crippen LogP contribution is 2.30. The molecule has 1 saturated heterocycles. The number of urea groups is 1. The van der Waals surface area contributed by atoms with Crippen molar-refractivity contribution < 1.29 is 36.2 Å². The summed E-state index contributed by atoms with van der Waals surface area (Å²) in [6.45, 7) is 1.77. The number of carbonyl (C=O) groups excluding carboxylic acids is 1. The van der Waals surface area contributed by atoms with Gasteiger partial charge in [0.1, 0.15) is 5.75 Å². The van der Waals surface area contributed by atoms with Crippen LogP contribution in [-0.4, -0.2) is 37.5 Å². The van der Waals surface area contributed by atoms with Crippen molar-refractivity contribution in [3.05, 3.63) is 54.1 Å². The van der Waals surface area contributed by atoms with Gasteiger partial charge in [-0.05, 0) is 43.3 Å². The Morgan fingerprint density at radius 1 is 1.07 bits per heavy atom. The van der Waals surface area contributed by atoms with Gasteiger partial charge in [0, 0.05) is 5.69 Å². The maximum atomic E-state index is 12.7. The second-order valence-corrected chi connectivity index (χ2v) is 8.12. The van der Waals surface area contributed by atoms with Crippen LogP contribution >= 0.6 is 0 Å². The maximum Gasteiger partial charge on any atom is 0.573 e. The molecule has 1 aliphatic rings. The number of rotatable bonds is 4. The second-order valence-electron chi connectivity index (χ2n) is 6.05. The molecule has 2 amide bonds. The van der Waals surface area contributed by atoms with Crippen LogP contribution in [0, 0.1) is 6.92 Å². The molecule has 0 aromatic heterocycles. The van der Waals surface area contributed by atoms with E-state index in [1.807, 2.05) is 0 Å². The topological polar surface area (TPSA) is 95.9 Å². The van der Waals surface area contributed by atoms with Crippen LogP contribution in [0.5, 0.6) is 5.75 Å². The third-order valence-electron chi connectivity index (χ3n) is 4.05. The zero-order chi connectivity index (χ0) is 20.7. The summed E-state index contributed by atoms with van der Waals surface area (Å²) >= 11 is 0. The summed E-state index contributed by atoms with van der Waals surface area (Å²) in [5.41, 5.74) is 0.832. The lowest BCUT2D eigenvalue weighted by atomic mass is 10.2. The Bertz CT molecular complexity index is 975. The molecule has 2 aromatic carbocycles. The Morgan fingerprint density at radius 2 is 1.64 bits per heavy atom. The van der Waals surface area contributed by atoms with Gasteiger partial charge < -0.3 is 15.2 Å². The minimum Gasteiger partial charge on any atom is -0.406 e. The van der Waals surface area contributed by atoms with Gasteiger partial charge in [-0.3, -0.25) is 4.90 Å². The first kappa shape index (κ1) is 20.0. The van der Waals surface area contributed by atoms with Gasteiger partial charge in [0.15, 0.2) is 11.6 Å². The average Bonchev–Trinajstić information content (AvgIpc) is 2.90. The minimum atomic E-state index is -4.88. The van der Waals surface area contributed by atoms with Crippen LogP contribution in [0.2, 0.25) is 0 Å². The van der Waals surface area contributed by atoms with Gasteiger partial charge in [-0.25, -0.2) is 13.2 Å². The van der Waals surface area contributed by atoms with E-state index in [0.717, 1.165) is 34.7 Å². The zero-order valence-corrected chi connectivity index (χ0v) is 15.2. The number of hydrogen-bond acceptors (Lipinski definition) is 5. The van der Waals surface area contributed by atoms with E-state index < -0.39 is 39.6 Å². The van der Waals surface area contributed by atoms with E-state index in [1.165, 1.54) is 12.1 Å². The van der Waals surface area contributed by atoms with Crippen LogP contribution in [0.15, 0.2) is 53.4 Å². The first-order valence-electron chi connectivity index (χ1n) is 7.93. The van der Waals surface area contributed by atoms with Crippen molar-refractivity contribution in [2.45, 2.75) is 29.8 Å². The summed E-state index contributed by atoms with van der Waals surface area (Å²) in [7, 11) is -4.11. The number of carbonyl (C=O) groups is 1. The summed E-state index contributed by atoms with van der Waals surface area (Å²) < 4.78 is 65.9. The predicted molar refractivity (Wildman–Crippen MR) is 92.3 cm³/mol. The number of nitrogens with one attached hydrogen (secondary N) is 1. The first-order chi connectivity index (χ1) is 13.0. The summed E-state index contributed by atoms with van der Waals surface area (Å²) in [5.74, 6) is -0.519. The van der Waals surface area contributed by atoms with E-state index in [4.69, 9.17) is 0 Å². The van der Waals surface area contributed by atoms with Crippen molar-refractivity contribution in [1.29, 1.82) is 0 Å². The predicted octanol–water partition coefficient (Wildman–Crippen LogP) is 2.54. The lowest BCUT2D eigenvalue weighted by molar-refractivity contribution is -0.274. The monoisotopic (exact) mass is 416 g/mol. The highest BCUT2D eigenvalue weighted by molar-refractivity contribution is 7.92. The van der Waals surface area contributed by atoms with Crippen LogP contribution in [0.3, 0.4) is 0 Å². The average molecular weight is 416 g/mol. The van der Waals surface area contributed by atoms with Crippen molar-refractivity contribution in [2.75, 3.05) is 4.90 Å². The number of aryl methyl sites for hydroxylation is 1. The third kappa shape index (κ3) is 3.90. The Balaban J connectivity index is 1.85. The van der Waals surface area contributed by atoms with Crippen LogP contribution < -0.4 is 15.0 Å². The molecule has 1 aliphatic heterocycles. The van der Waals surface area contributed by atoms with Crippen molar-refractivity contribution in [3.63, 3.8) is 0 Å². The van der Waals surface area contributed by atoms with Crippen LogP contribution in [0.4, 0.5) is 23.7 Å². The van der Waals surface area contributed by atoms with Crippen molar-refractivity contribution in [1.82, 2.24) is 5.32 Å². The van der Waals surface area contributed by atoms with E-state index in [-0.39, 0.29) is 10.6 Å². The molecule has 0 spiro atoms. The fourth-order valence-electron chi connectivity index (χ4n) is 2.71. The number of nitrogens with zero attached hydrogens (tertiary/aromatic N) is 1. The minimum absolute atomic E-state index is 0.00105. The summed E-state index contributed by atoms with van der Waals surface area (Å²) in [6, 6.07) is 9.06. The number of sulfone groups is 1. The molecule has 0 radical (unpaired) electrons. The van der Waals surface area contributed by atoms with Gasteiger partial charge in [-0.15, -0.1) is 13.2 Å². The summed E-state index contributed by atoms with van der Waals surface area (Å²) in [5, 5.41) is 11.0. The van der Waals surface area contributed by atoms with Gasteiger partial charge in [0.2, 0.25) is 9.84 Å². The number of benzene rings is 2. The van der Waals surface area contributed by atoms with Crippen molar-refractivity contribution >= 4 is 21.6 Å². The van der Waals surface area contributed by atoms with Gasteiger partial charge in [0.25, 0.3) is 0 Å². The Morgan fingerprint density at radius 3 is 2.18 bits per heavy atom. The van der Waals surface area contributed by atoms with Gasteiger partial charge in [0.05, 0.1) is 4.90 Å². The van der Waals surface area contributed by atoms with Crippen LogP contribution in [0.25, 0.3) is 0 Å². The third-order valence-corrected chi connectivity index (χ3v) is 6.01. The zero-order valence-electron chi connectivity index (χ0n) is 14.3. The number of ether oxygens (including phenoxy) is 1. The van der Waals surface area contributed by atoms with E-state index in [0.29, 0.717) is 0 Å². The number of amides is 2. The molecule has 0 unspecified atom stereocenters. The molecule has 3 rings (SSSR count). The summed E-state index contributed by atoms with van der Waals surface area (Å²) in [4.78, 5) is 12.9. The molecule has 2 aromatic rings. The molecule has 150 valence electrons. The highest BCUT2D eigenvalue weighted by Gasteiger charge is 2.47. The first-order valence-corrected chi connectivity index (χ1v) is 9.48. The maximum absolute atomic E-state index is 12.7. The van der Waals surface area contributed by atoms with Gasteiger partial charge in [-0.2, -0.15) is 0 Å². The molecule has 2 N–H and O–H groups in total. The molecule has 0 saturated carbocycles.